The van der Waals surface area contributed by atoms with Crippen LogP contribution in [0, 0.1) is 0 Å². The van der Waals surface area contributed by atoms with Crippen molar-refractivity contribution in [3.8, 4) is 0 Å². The molecule has 1 aliphatic heterocycles. The monoisotopic (exact) mass is 288 g/mol. The SMILES string of the molecule is Nc1ncnc2c1C(I)=NCCC2. The predicted octanol–water partition coefficient (Wildman–Crippen LogP) is 1.19. The van der Waals surface area contributed by atoms with Crippen molar-refractivity contribution < 1.29 is 0 Å². The number of rotatable bonds is 0. The Labute approximate surface area is 89.8 Å². The van der Waals surface area contributed by atoms with Crippen molar-refractivity contribution in [3.63, 3.8) is 0 Å². The first kappa shape index (κ1) is 8.86. The number of nitrogens with two attached hydrogens (primary N) is 1. The molecular weight excluding hydrogens is 279 g/mol. The molecule has 4 nitrogen and oxygen atoms in total. The molecule has 0 amide bonds. The van der Waals surface area contributed by atoms with Gasteiger partial charge in [-0.25, -0.2) is 9.97 Å². The van der Waals surface area contributed by atoms with E-state index in [-0.39, 0.29) is 0 Å². The summed E-state index contributed by atoms with van der Waals surface area (Å²) in [4.78, 5) is 12.5. The van der Waals surface area contributed by atoms with Crippen LogP contribution >= 0.6 is 22.6 Å². The van der Waals surface area contributed by atoms with Crippen LogP contribution in [0.4, 0.5) is 5.82 Å². The highest BCUT2D eigenvalue weighted by Crippen LogP contribution is 2.21. The Hall–Kier alpha value is -0.720. The van der Waals surface area contributed by atoms with Crippen LogP contribution in [0.25, 0.3) is 0 Å². The molecular formula is C8H9IN4. The number of fused-ring (bicyclic) bond motifs is 1. The third-order valence-corrected chi connectivity index (χ3v) is 2.86. The van der Waals surface area contributed by atoms with E-state index in [0.717, 1.165) is 34.4 Å². The third kappa shape index (κ3) is 1.65. The van der Waals surface area contributed by atoms with Gasteiger partial charge in [-0.3, -0.25) is 4.99 Å². The summed E-state index contributed by atoms with van der Waals surface area (Å²) in [7, 11) is 0. The van der Waals surface area contributed by atoms with E-state index >= 15 is 0 Å². The maximum Gasteiger partial charge on any atom is 0.137 e. The molecule has 0 saturated carbocycles. The topological polar surface area (TPSA) is 64.2 Å². The molecule has 0 saturated heterocycles. The Bertz CT molecular complexity index is 361. The zero-order chi connectivity index (χ0) is 9.26. The Morgan fingerprint density at radius 3 is 3.08 bits per heavy atom. The first-order valence-electron chi connectivity index (χ1n) is 4.08. The van der Waals surface area contributed by atoms with Gasteiger partial charge in [-0.05, 0) is 35.4 Å². The first-order valence-corrected chi connectivity index (χ1v) is 5.16. The molecule has 0 fully saturated rings. The van der Waals surface area contributed by atoms with E-state index in [1.807, 2.05) is 0 Å². The van der Waals surface area contributed by atoms with Gasteiger partial charge in [0, 0.05) is 6.54 Å². The minimum atomic E-state index is 0.542. The summed E-state index contributed by atoms with van der Waals surface area (Å²) in [5.41, 5.74) is 7.72. The molecule has 2 rings (SSSR count). The van der Waals surface area contributed by atoms with Crippen molar-refractivity contribution in [2.24, 2.45) is 4.99 Å². The highest BCUT2D eigenvalue weighted by atomic mass is 127. The second-order valence-corrected chi connectivity index (χ2v) is 3.88. The van der Waals surface area contributed by atoms with Crippen LogP contribution in [0.1, 0.15) is 17.7 Å². The average Bonchev–Trinajstić information content (AvgIpc) is 2.29. The van der Waals surface area contributed by atoms with Crippen molar-refractivity contribution in [1.29, 1.82) is 0 Å². The fraction of sp³-hybridized carbons (Fsp3) is 0.375. The summed E-state index contributed by atoms with van der Waals surface area (Å²) in [6.45, 7) is 0.855. The lowest BCUT2D eigenvalue weighted by Crippen LogP contribution is -2.06. The summed E-state index contributed by atoms with van der Waals surface area (Å²) in [5.74, 6) is 0.542. The van der Waals surface area contributed by atoms with Gasteiger partial charge < -0.3 is 5.73 Å². The smallest absolute Gasteiger partial charge is 0.137 e. The number of aryl methyl sites for hydroxylation is 1. The number of nitrogen functional groups attached to an aromatic ring is 1. The molecule has 0 radical (unpaired) electrons. The molecule has 1 aromatic heterocycles. The molecule has 1 aromatic rings. The number of hydrogen-bond acceptors (Lipinski definition) is 4. The predicted molar refractivity (Wildman–Crippen MR) is 60.2 cm³/mol. The Morgan fingerprint density at radius 1 is 1.38 bits per heavy atom. The van der Waals surface area contributed by atoms with E-state index < -0.39 is 0 Å². The molecule has 1 aliphatic rings. The summed E-state index contributed by atoms with van der Waals surface area (Å²) < 4.78 is 0.934. The summed E-state index contributed by atoms with van der Waals surface area (Å²) in [5, 5.41) is 0. The van der Waals surface area contributed by atoms with Crippen molar-refractivity contribution in [3.05, 3.63) is 17.6 Å². The van der Waals surface area contributed by atoms with Crippen LogP contribution in [-0.4, -0.2) is 20.2 Å². The fourth-order valence-corrected chi connectivity index (χ4v) is 2.18. The van der Waals surface area contributed by atoms with Gasteiger partial charge in [-0.1, -0.05) is 0 Å². The van der Waals surface area contributed by atoms with Gasteiger partial charge in [0.15, 0.2) is 0 Å². The van der Waals surface area contributed by atoms with E-state index in [4.69, 9.17) is 5.73 Å². The Balaban J connectivity index is 2.60. The van der Waals surface area contributed by atoms with Crippen molar-refractivity contribution in [2.45, 2.75) is 12.8 Å². The highest BCUT2D eigenvalue weighted by molar-refractivity contribution is 14.1. The molecule has 2 N–H and O–H groups in total. The number of anilines is 1. The third-order valence-electron chi connectivity index (χ3n) is 1.98. The van der Waals surface area contributed by atoms with E-state index in [1.165, 1.54) is 6.33 Å². The number of halogens is 1. The van der Waals surface area contributed by atoms with E-state index in [2.05, 4.69) is 37.6 Å². The van der Waals surface area contributed by atoms with Crippen molar-refractivity contribution in [2.75, 3.05) is 12.3 Å². The number of hydrogen-bond donors (Lipinski definition) is 1. The molecule has 0 atom stereocenters. The molecule has 5 heteroatoms. The van der Waals surface area contributed by atoms with Crippen LogP contribution in [0.5, 0.6) is 0 Å². The number of aliphatic imine (C=N–C) groups is 1. The van der Waals surface area contributed by atoms with Crippen LogP contribution in [-0.2, 0) is 6.42 Å². The lowest BCUT2D eigenvalue weighted by molar-refractivity contribution is 0.819. The minimum absolute atomic E-state index is 0.542. The first-order chi connectivity index (χ1) is 6.29. The number of aromatic nitrogens is 2. The maximum absolute atomic E-state index is 5.76. The maximum atomic E-state index is 5.76. The quantitative estimate of drug-likeness (QED) is 0.729. The van der Waals surface area contributed by atoms with Crippen LogP contribution < -0.4 is 5.73 Å². The van der Waals surface area contributed by atoms with Gasteiger partial charge in [0.25, 0.3) is 0 Å². The molecule has 68 valence electrons. The van der Waals surface area contributed by atoms with Gasteiger partial charge in [-0.15, -0.1) is 0 Å². The van der Waals surface area contributed by atoms with Crippen LogP contribution in [0.15, 0.2) is 11.3 Å². The van der Waals surface area contributed by atoms with E-state index in [9.17, 15) is 0 Å². The zero-order valence-electron chi connectivity index (χ0n) is 7.00. The van der Waals surface area contributed by atoms with Gasteiger partial charge in [0.2, 0.25) is 0 Å². The van der Waals surface area contributed by atoms with Crippen LogP contribution in [0.2, 0.25) is 0 Å². The largest absolute Gasteiger partial charge is 0.383 e. The number of nitrogens with zero attached hydrogens (tertiary/aromatic N) is 3. The molecule has 0 unspecified atom stereocenters. The van der Waals surface area contributed by atoms with Gasteiger partial charge in [0.05, 0.1) is 11.3 Å². The molecule has 13 heavy (non-hydrogen) atoms. The standard InChI is InChI=1S/C8H9IN4/c9-7-6-5(2-1-3-11-7)12-4-13-8(6)10/h4H,1-3H2,(H2,10,12,13). The second kappa shape index (κ2) is 3.57. The van der Waals surface area contributed by atoms with Gasteiger partial charge in [-0.2, -0.15) is 0 Å². The lowest BCUT2D eigenvalue weighted by Gasteiger charge is -2.05. The zero-order valence-corrected chi connectivity index (χ0v) is 9.15. The van der Waals surface area contributed by atoms with E-state index in [1.54, 1.807) is 0 Å². The molecule has 0 aromatic carbocycles. The van der Waals surface area contributed by atoms with Gasteiger partial charge in [0.1, 0.15) is 15.9 Å². The fourth-order valence-electron chi connectivity index (χ4n) is 1.35. The lowest BCUT2D eigenvalue weighted by atomic mass is 10.1. The Kier molecular flexibility index (Phi) is 2.43. The molecule has 2 heterocycles. The summed E-state index contributed by atoms with van der Waals surface area (Å²) >= 11 is 2.19. The Morgan fingerprint density at radius 2 is 2.23 bits per heavy atom. The normalized spacial score (nSPS) is 15.9. The summed E-state index contributed by atoms with van der Waals surface area (Å²) in [6.07, 6.45) is 3.50. The van der Waals surface area contributed by atoms with Crippen molar-refractivity contribution in [1.82, 2.24) is 9.97 Å². The highest BCUT2D eigenvalue weighted by Gasteiger charge is 2.15. The van der Waals surface area contributed by atoms with E-state index in [0.29, 0.717) is 5.82 Å². The molecule has 0 aliphatic carbocycles. The second-order valence-electron chi connectivity index (χ2n) is 2.86. The average molecular weight is 288 g/mol. The van der Waals surface area contributed by atoms with Gasteiger partial charge >= 0.3 is 0 Å². The van der Waals surface area contributed by atoms with Crippen LogP contribution in [0.3, 0.4) is 0 Å². The molecule has 0 spiro atoms. The summed E-state index contributed by atoms with van der Waals surface area (Å²) in [6, 6.07) is 0. The molecule has 0 bridgehead atoms. The van der Waals surface area contributed by atoms with Crippen molar-refractivity contribution >= 4 is 32.1 Å². The minimum Gasteiger partial charge on any atom is -0.383 e.